The predicted octanol–water partition coefficient (Wildman–Crippen LogP) is 6.69. The molecule has 0 aliphatic carbocycles. The van der Waals surface area contributed by atoms with E-state index in [4.69, 9.17) is 45.2 Å². The molecule has 48 heavy (non-hydrogen) atoms. The zero-order valence-corrected chi connectivity index (χ0v) is 25.9. The molecule has 0 unspecified atom stereocenters. The number of pyridine rings is 1. The van der Waals surface area contributed by atoms with Crippen LogP contribution >= 0.6 is 0 Å². The highest BCUT2D eigenvalue weighted by Crippen LogP contribution is 2.38. The zero-order valence-electron chi connectivity index (χ0n) is 25.9. The molecule has 2 aromatic carbocycles. The van der Waals surface area contributed by atoms with Gasteiger partial charge >= 0.3 is 24.3 Å². The highest BCUT2D eigenvalue weighted by atomic mass is 19.4. The fraction of sp³-hybridized carbons (Fsp3) is 0.333. The number of aliphatic carboxylic acids is 2. The van der Waals surface area contributed by atoms with Crippen LogP contribution in [0.2, 0.25) is 0 Å². The molecule has 264 valence electrons. The Morgan fingerprint density at radius 1 is 0.917 bits per heavy atom. The molecular weight excluding hydrogens is 661 g/mol. The van der Waals surface area contributed by atoms with Crippen LogP contribution in [0.3, 0.4) is 0 Å². The van der Waals surface area contributed by atoms with E-state index in [0.717, 1.165) is 0 Å². The van der Waals surface area contributed by atoms with Gasteiger partial charge in [-0.15, -0.1) is 0 Å². The number of carboxylic acids is 2. The Balaban J connectivity index is 0.000000687. The molecule has 0 aliphatic heterocycles. The van der Waals surface area contributed by atoms with Crippen LogP contribution in [0.1, 0.15) is 39.0 Å². The first-order valence-corrected chi connectivity index (χ1v) is 13.7. The molecule has 0 spiro atoms. The van der Waals surface area contributed by atoms with Crippen LogP contribution in [0.4, 0.5) is 42.1 Å². The Labute approximate surface area is 270 Å². The molecule has 0 aliphatic rings. The second-order valence-corrected chi connectivity index (χ2v) is 9.41. The summed E-state index contributed by atoms with van der Waals surface area (Å²) in [6.07, 6.45) is -10.4. The van der Waals surface area contributed by atoms with E-state index in [1.165, 1.54) is 0 Å². The fourth-order valence-corrected chi connectivity index (χ4v) is 3.42. The molecule has 18 heteroatoms. The summed E-state index contributed by atoms with van der Waals surface area (Å²) in [5.74, 6) is -4.96. The van der Waals surface area contributed by atoms with Crippen molar-refractivity contribution in [3.8, 4) is 17.4 Å². The maximum absolute atomic E-state index is 15.8. The Morgan fingerprint density at radius 2 is 1.44 bits per heavy atom. The van der Waals surface area contributed by atoms with E-state index < -0.39 is 30.1 Å². The van der Waals surface area contributed by atoms with Crippen LogP contribution in [0.25, 0.3) is 0 Å². The molecule has 0 saturated heterocycles. The normalized spacial score (nSPS) is 10.9. The van der Waals surface area contributed by atoms with E-state index in [0.29, 0.717) is 41.8 Å². The summed E-state index contributed by atoms with van der Waals surface area (Å²) in [6, 6.07) is 15.7. The van der Waals surface area contributed by atoms with Crippen molar-refractivity contribution < 1.29 is 64.7 Å². The van der Waals surface area contributed by atoms with Crippen LogP contribution in [0, 0.1) is 11.2 Å². The maximum atomic E-state index is 15.8. The molecule has 0 radical (unpaired) electrons. The molecule has 0 saturated carbocycles. The van der Waals surface area contributed by atoms with E-state index in [9.17, 15) is 26.3 Å². The number of nitrogen functional groups attached to an aromatic ring is 1. The van der Waals surface area contributed by atoms with Gasteiger partial charge in [0.25, 0.3) is 0 Å². The lowest BCUT2D eigenvalue weighted by Crippen LogP contribution is -2.21. The van der Waals surface area contributed by atoms with Gasteiger partial charge in [-0.05, 0) is 58.0 Å². The molecule has 1 heterocycles. The summed E-state index contributed by atoms with van der Waals surface area (Å²) < 4.78 is 96.2. The summed E-state index contributed by atoms with van der Waals surface area (Å²) in [5.41, 5.74) is 7.85. The van der Waals surface area contributed by atoms with Gasteiger partial charge in [0.05, 0.1) is 37.2 Å². The molecule has 1 aromatic heterocycles. The van der Waals surface area contributed by atoms with Crippen LogP contribution in [0.5, 0.6) is 17.4 Å². The van der Waals surface area contributed by atoms with Crippen LogP contribution < -0.4 is 24.8 Å². The Kier molecular flexibility index (Phi) is 15.4. The Bertz CT molecular complexity index is 1490. The van der Waals surface area contributed by atoms with Gasteiger partial charge in [0, 0.05) is 29.4 Å². The lowest BCUT2D eigenvalue weighted by molar-refractivity contribution is -0.193. The number of carbonyl (C=O) groups is 2. The van der Waals surface area contributed by atoms with Gasteiger partial charge in [-0.3, -0.25) is 5.41 Å². The minimum atomic E-state index is -5.08. The molecule has 0 fully saturated rings. The SMILES string of the molecule is CCOc1cc(OC(C)C)c(F)c(N(Cc2cccc(OCC)n2)c2ccc(C(=N)N)cc2)c1.O=C(O)C(F)(F)F.O=C(O)C(F)(F)F. The molecule has 0 atom stereocenters. The molecule has 11 nitrogen and oxygen atoms in total. The second kappa shape index (κ2) is 18.2. The number of alkyl halides is 6. The lowest BCUT2D eigenvalue weighted by atomic mass is 10.1. The number of benzene rings is 2. The third-order valence-electron chi connectivity index (χ3n) is 5.33. The van der Waals surface area contributed by atoms with Crippen molar-refractivity contribution in [1.29, 1.82) is 5.41 Å². The van der Waals surface area contributed by atoms with Crippen LogP contribution in [-0.2, 0) is 16.1 Å². The molecule has 0 amide bonds. The average Bonchev–Trinajstić information content (AvgIpc) is 2.97. The van der Waals surface area contributed by atoms with E-state index in [-0.39, 0.29) is 29.9 Å². The monoisotopic (exact) mass is 694 g/mol. The van der Waals surface area contributed by atoms with Crippen molar-refractivity contribution in [3.05, 3.63) is 71.7 Å². The molecule has 3 rings (SSSR count). The summed E-state index contributed by atoms with van der Waals surface area (Å²) >= 11 is 0. The highest BCUT2D eigenvalue weighted by molar-refractivity contribution is 5.95. The van der Waals surface area contributed by atoms with Gasteiger partial charge < -0.3 is 35.1 Å². The summed E-state index contributed by atoms with van der Waals surface area (Å²) in [7, 11) is 0. The molecule has 5 N–H and O–H groups in total. The molecule has 3 aromatic rings. The van der Waals surface area contributed by atoms with Crippen molar-refractivity contribution >= 4 is 29.1 Å². The summed E-state index contributed by atoms with van der Waals surface area (Å²) in [5, 5.41) is 21.9. The average molecular weight is 695 g/mol. The summed E-state index contributed by atoms with van der Waals surface area (Å²) in [6.45, 7) is 8.62. The van der Waals surface area contributed by atoms with E-state index in [1.54, 1.807) is 47.4 Å². The first kappa shape index (κ1) is 40.7. The number of rotatable bonds is 11. The van der Waals surface area contributed by atoms with Gasteiger partial charge in [-0.2, -0.15) is 26.3 Å². The molecule has 0 bridgehead atoms. The number of nitrogens with zero attached hydrogens (tertiary/aromatic N) is 2. The van der Waals surface area contributed by atoms with Gasteiger partial charge in [0.15, 0.2) is 11.6 Å². The highest BCUT2D eigenvalue weighted by Gasteiger charge is 2.38. The number of hydrogen-bond acceptors (Lipinski definition) is 8. The largest absolute Gasteiger partial charge is 0.494 e. The number of nitrogens with two attached hydrogens (primary N) is 1. The number of nitrogens with one attached hydrogen (secondary N) is 1. The fourth-order valence-electron chi connectivity index (χ4n) is 3.42. The lowest BCUT2D eigenvalue weighted by Gasteiger charge is -2.27. The van der Waals surface area contributed by atoms with Crippen molar-refractivity contribution in [1.82, 2.24) is 4.98 Å². The van der Waals surface area contributed by atoms with Crippen LogP contribution in [0.15, 0.2) is 54.6 Å². The smallest absolute Gasteiger partial charge is 0.490 e. The zero-order chi connectivity index (χ0) is 36.8. The Morgan fingerprint density at radius 3 is 1.88 bits per heavy atom. The van der Waals surface area contributed by atoms with Crippen LogP contribution in [-0.4, -0.2) is 64.6 Å². The third-order valence-corrected chi connectivity index (χ3v) is 5.33. The van der Waals surface area contributed by atoms with Gasteiger partial charge in [-0.1, -0.05) is 6.07 Å². The number of amidine groups is 1. The topological polar surface area (TPSA) is 168 Å². The van der Waals surface area contributed by atoms with Crippen molar-refractivity contribution in [2.45, 2.75) is 52.7 Å². The first-order chi connectivity index (χ1) is 22.2. The number of aromatic nitrogens is 1. The quantitative estimate of drug-likeness (QED) is 0.0964. The van der Waals surface area contributed by atoms with E-state index in [1.807, 2.05) is 39.8 Å². The standard InChI is InChI=1S/C26H31FN4O3.2C2HF3O2/c1-5-32-21-14-22(25(27)23(15-21)34-17(3)4)31(20-12-10-18(11-13-20)26(28)29)16-19-8-7-9-24(30-19)33-6-2;2*3-2(4,5)1(6)7/h7-15,17H,5-6,16H2,1-4H3,(H3,28,29);2*(H,6,7). The number of carboxylic acid groups (broad SMARTS) is 2. The number of ether oxygens (including phenoxy) is 3. The molecular formula is C30H33F7N4O7. The minimum absolute atomic E-state index is 0.0404. The third kappa shape index (κ3) is 13.6. The van der Waals surface area contributed by atoms with Crippen molar-refractivity contribution in [2.75, 3.05) is 18.1 Å². The van der Waals surface area contributed by atoms with Crippen molar-refractivity contribution in [2.24, 2.45) is 5.73 Å². The van der Waals surface area contributed by atoms with E-state index >= 15 is 4.39 Å². The number of anilines is 2. The number of halogens is 7. The second-order valence-electron chi connectivity index (χ2n) is 9.41. The van der Waals surface area contributed by atoms with Gasteiger partial charge in [0.1, 0.15) is 11.6 Å². The van der Waals surface area contributed by atoms with E-state index in [2.05, 4.69) is 4.98 Å². The Hall–Kier alpha value is -5.29. The van der Waals surface area contributed by atoms with Gasteiger partial charge in [0.2, 0.25) is 5.88 Å². The first-order valence-electron chi connectivity index (χ1n) is 13.7. The summed E-state index contributed by atoms with van der Waals surface area (Å²) in [4.78, 5) is 24.1. The predicted molar refractivity (Wildman–Crippen MR) is 159 cm³/mol. The number of hydrogen-bond donors (Lipinski definition) is 4. The van der Waals surface area contributed by atoms with Crippen molar-refractivity contribution in [3.63, 3.8) is 0 Å². The van der Waals surface area contributed by atoms with Gasteiger partial charge in [-0.25, -0.2) is 19.0 Å². The minimum Gasteiger partial charge on any atom is -0.494 e. The maximum Gasteiger partial charge on any atom is 0.490 e.